The van der Waals surface area contributed by atoms with Crippen molar-refractivity contribution in [2.45, 2.75) is 25.2 Å². The molecule has 0 spiro atoms. The van der Waals surface area contributed by atoms with Crippen LogP contribution in [0.1, 0.15) is 12.0 Å². The highest BCUT2D eigenvalue weighted by molar-refractivity contribution is 5.95. The molecule has 2 unspecified atom stereocenters. The largest absolute Gasteiger partial charge is 0.489 e. The molecule has 7 heteroatoms. The third-order valence-electron chi connectivity index (χ3n) is 3.82. The number of hydrogen-bond acceptors (Lipinski definition) is 4. The summed E-state index contributed by atoms with van der Waals surface area (Å²) in [7, 11) is 0. The molecule has 1 aliphatic rings. The number of anilines is 1. The molecule has 25 heavy (non-hydrogen) atoms. The number of hydrogen-bond donors (Lipinski definition) is 3. The van der Waals surface area contributed by atoms with Crippen LogP contribution in [0.25, 0.3) is 0 Å². The van der Waals surface area contributed by atoms with Gasteiger partial charge in [0.1, 0.15) is 18.2 Å². The number of aliphatic hydroxyl groups excluding tert-OH is 1. The molecule has 0 radical (unpaired) electrons. The number of amides is 1. The summed E-state index contributed by atoms with van der Waals surface area (Å²) in [5.74, 6) is -0.0666. The Balaban J connectivity index is 0.00000225. The van der Waals surface area contributed by atoms with Crippen LogP contribution in [0.3, 0.4) is 0 Å². The zero-order valence-electron chi connectivity index (χ0n) is 13.4. The van der Waals surface area contributed by atoms with Crippen LogP contribution < -0.4 is 15.4 Å². The van der Waals surface area contributed by atoms with E-state index in [-0.39, 0.29) is 36.8 Å². The first-order chi connectivity index (χ1) is 11.6. The Kier molecular flexibility index (Phi) is 6.75. The highest BCUT2D eigenvalue weighted by Crippen LogP contribution is 2.17. The van der Waals surface area contributed by atoms with Gasteiger partial charge in [0.05, 0.1) is 12.1 Å². The molecule has 1 amide bonds. The van der Waals surface area contributed by atoms with Gasteiger partial charge in [-0.15, -0.1) is 12.4 Å². The van der Waals surface area contributed by atoms with Crippen molar-refractivity contribution in [3.63, 3.8) is 0 Å². The monoisotopic (exact) mass is 366 g/mol. The standard InChI is InChI=1S/C18H19FN2O3.ClH/c19-13-4-2-6-16(8-13)24-11-12-3-1-5-14(7-12)21-18(23)17-9-15(22)10-20-17;/h1-8,15,17,20,22H,9-11H2,(H,21,23);1H. The molecule has 134 valence electrons. The lowest BCUT2D eigenvalue weighted by atomic mass is 10.1. The predicted molar refractivity (Wildman–Crippen MR) is 95.5 cm³/mol. The number of ether oxygens (including phenoxy) is 1. The lowest BCUT2D eigenvalue weighted by molar-refractivity contribution is -0.117. The zero-order valence-corrected chi connectivity index (χ0v) is 14.3. The summed E-state index contributed by atoms with van der Waals surface area (Å²) in [4.78, 5) is 12.1. The molecule has 3 rings (SSSR count). The minimum Gasteiger partial charge on any atom is -0.489 e. The lowest BCUT2D eigenvalue weighted by Gasteiger charge is -2.12. The van der Waals surface area contributed by atoms with Gasteiger partial charge >= 0.3 is 0 Å². The molecule has 0 saturated carbocycles. The number of carbonyl (C=O) groups is 1. The van der Waals surface area contributed by atoms with E-state index in [1.165, 1.54) is 12.1 Å². The topological polar surface area (TPSA) is 70.6 Å². The Hall–Kier alpha value is -2.15. The second-order valence-electron chi connectivity index (χ2n) is 5.79. The van der Waals surface area contributed by atoms with Crippen molar-refractivity contribution < 1.29 is 19.0 Å². The highest BCUT2D eigenvalue weighted by atomic mass is 35.5. The van der Waals surface area contributed by atoms with Crippen LogP contribution >= 0.6 is 12.4 Å². The third-order valence-corrected chi connectivity index (χ3v) is 3.82. The predicted octanol–water partition coefficient (Wildman–Crippen LogP) is 2.49. The second-order valence-corrected chi connectivity index (χ2v) is 5.79. The van der Waals surface area contributed by atoms with E-state index in [1.807, 2.05) is 18.2 Å². The van der Waals surface area contributed by atoms with Crippen molar-refractivity contribution in [3.8, 4) is 5.75 Å². The average Bonchev–Trinajstić information content (AvgIpc) is 3.00. The Morgan fingerprint density at radius 3 is 2.80 bits per heavy atom. The normalized spacial score (nSPS) is 19.1. The first kappa shape index (κ1) is 19.2. The Morgan fingerprint density at radius 1 is 1.28 bits per heavy atom. The first-order valence-electron chi connectivity index (χ1n) is 7.80. The Morgan fingerprint density at radius 2 is 2.08 bits per heavy atom. The summed E-state index contributed by atoms with van der Waals surface area (Å²) in [6.45, 7) is 0.702. The maximum absolute atomic E-state index is 13.1. The number of benzene rings is 2. The van der Waals surface area contributed by atoms with Crippen molar-refractivity contribution in [2.24, 2.45) is 0 Å². The van der Waals surface area contributed by atoms with Crippen molar-refractivity contribution >= 4 is 24.0 Å². The molecule has 0 bridgehead atoms. The van der Waals surface area contributed by atoms with Crippen LogP contribution in [0.4, 0.5) is 10.1 Å². The van der Waals surface area contributed by atoms with Crippen molar-refractivity contribution in [1.29, 1.82) is 0 Å². The van der Waals surface area contributed by atoms with Gasteiger partial charge in [0.2, 0.25) is 5.91 Å². The van der Waals surface area contributed by atoms with E-state index in [4.69, 9.17) is 4.74 Å². The van der Waals surface area contributed by atoms with Gasteiger partial charge in [0.25, 0.3) is 0 Å². The van der Waals surface area contributed by atoms with Crippen LogP contribution in [0.5, 0.6) is 5.75 Å². The summed E-state index contributed by atoms with van der Waals surface area (Å²) in [5.41, 5.74) is 1.51. The smallest absolute Gasteiger partial charge is 0.241 e. The molecule has 0 aromatic heterocycles. The van der Waals surface area contributed by atoms with Gasteiger partial charge in [0, 0.05) is 18.3 Å². The Bertz CT molecular complexity index is 729. The third kappa shape index (κ3) is 5.42. The number of halogens is 2. The highest BCUT2D eigenvalue weighted by Gasteiger charge is 2.27. The van der Waals surface area contributed by atoms with Crippen LogP contribution in [-0.4, -0.2) is 29.7 Å². The van der Waals surface area contributed by atoms with E-state index in [0.717, 1.165) is 5.56 Å². The lowest BCUT2D eigenvalue weighted by Crippen LogP contribution is -2.35. The summed E-state index contributed by atoms with van der Waals surface area (Å²) in [6.07, 6.45) is -0.0689. The minimum atomic E-state index is -0.480. The molecule has 5 nitrogen and oxygen atoms in total. The Labute approximate surface area is 151 Å². The maximum Gasteiger partial charge on any atom is 0.241 e. The van der Waals surface area contributed by atoms with Gasteiger partial charge < -0.3 is 20.5 Å². The van der Waals surface area contributed by atoms with E-state index in [0.29, 0.717) is 24.4 Å². The van der Waals surface area contributed by atoms with Gasteiger partial charge in [-0.3, -0.25) is 4.79 Å². The molecular weight excluding hydrogens is 347 g/mol. The minimum absolute atomic E-state index is 0. The van der Waals surface area contributed by atoms with Gasteiger partial charge in [-0.05, 0) is 36.2 Å². The zero-order chi connectivity index (χ0) is 16.9. The van der Waals surface area contributed by atoms with Gasteiger partial charge in [-0.25, -0.2) is 4.39 Å². The maximum atomic E-state index is 13.1. The van der Waals surface area contributed by atoms with Crippen LogP contribution in [-0.2, 0) is 11.4 Å². The molecule has 1 saturated heterocycles. The van der Waals surface area contributed by atoms with E-state index >= 15 is 0 Å². The molecule has 2 atom stereocenters. The number of aliphatic hydroxyl groups is 1. The molecule has 2 aromatic carbocycles. The first-order valence-corrected chi connectivity index (χ1v) is 7.80. The van der Waals surface area contributed by atoms with Crippen molar-refractivity contribution in [2.75, 3.05) is 11.9 Å². The van der Waals surface area contributed by atoms with Crippen LogP contribution in [0.2, 0.25) is 0 Å². The fourth-order valence-corrected chi connectivity index (χ4v) is 2.61. The number of β-amino-alcohol motifs (C(OH)–C–C–N with tert-alkyl or cyclic N) is 1. The second kappa shape index (κ2) is 8.80. The number of nitrogens with one attached hydrogen (secondary N) is 2. The molecule has 3 N–H and O–H groups in total. The summed E-state index contributed by atoms with van der Waals surface area (Å²) >= 11 is 0. The molecule has 2 aromatic rings. The average molecular weight is 367 g/mol. The molecule has 1 heterocycles. The summed E-state index contributed by atoms with van der Waals surface area (Å²) in [6, 6.07) is 12.9. The van der Waals surface area contributed by atoms with E-state index < -0.39 is 6.10 Å². The van der Waals surface area contributed by atoms with E-state index in [9.17, 15) is 14.3 Å². The number of carbonyl (C=O) groups excluding carboxylic acids is 1. The summed E-state index contributed by atoms with van der Waals surface area (Å²) < 4.78 is 18.7. The van der Waals surface area contributed by atoms with Crippen LogP contribution in [0.15, 0.2) is 48.5 Å². The SMILES string of the molecule is Cl.O=C(Nc1cccc(COc2cccc(F)c2)c1)C1CC(O)CN1. The molecule has 0 aliphatic carbocycles. The van der Waals surface area contributed by atoms with Crippen LogP contribution in [0, 0.1) is 5.82 Å². The fourth-order valence-electron chi connectivity index (χ4n) is 2.61. The molecule has 1 aliphatic heterocycles. The van der Waals surface area contributed by atoms with Crippen molar-refractivity contribution in [3.05, 3.63) is 59.9 Å². The quantitative estimate of drug-likeness (QED) is 0.760. The van der Waals surface area contributed by atoms with Gasteiger partial charge in [-0.1, -0.05) is 18.2 Å². The van der Waals surface area contributed by atoms with E-state index in [1.54, 1.807) is 18.2 Å². The number of rotatable bonds is 5. The fraction of sp³-hybridized carbons (Fsp3) is 0.278. The van der Waals surface area contributed by atoms with Gasteiger partial charge in [0.15, 0.2) is 0 Å². The van der Waals surface area contributed by atoms with Crippen molar-refractivity contribution in [1.82, 2.24) is 5.32 Å². The summed E-state index contributed by atoms with van der Waals surface area (Å²) in [5, 5.41) is 15.3. The van der Waals surface area contributed by atoms with E-state index in [2.05, 4.69) is 10.6 Å². The molecular formula is C18H20ClFN2O3. The van der Waals surface area contributed by atoms with Gasteiger partial charge in [-0.2, -0.15) is 0 Å². The molecule has 1 fully saturated rings.